The van der Waals surface area contributed by atoms with Gasteiger partial charge >= 0.3 is 0 Å². The summed E-state index contributed by atoms with van der Waals surface area (Å²) in [7, 11) is 0. The van der Waals surface area contributed by atoms with Gasteiger partial charge in [-0.15, -0.1) is 24.8 Å². The highest BCUT2D eigenvalue weighted by Crippen LogP contribution is 2.31. The maximum atomic E-state index is 10.5. The van der Waals surface area contributed by atoms with Gasteiger partial charge in [0.25, 0.3) is 0 Å². The first-order chi connectivity index (χ1) is 12.0. The number of nitrogens with two attached hydrogens (primary N) is 1. The van der Waals surface area contributed by atoms with Gasteiger partial charge in [0, 0.05) is 12.8 Å². The Morgan fingerprint density at radius 2 is 1.81 bits per heavy atom. The molecule has 1 aliphatic rings. The van der Waals surface area contributed by atoms with Crippen LogP contribution in [0.4, 0.5) is 0 Å². The van der Waals surface area contributed by atoms with Crippen molar-refractivity contribution in [2.45, 2.75) is 31.1 Å². The minimum Gasteiger partial charge on any atom is -0.489 e. The highest BCUT2D eigenvalue weighted by molar-refractivity contribution is 6.42. The average Bonchev–Trinajstić information content (AvgIpc) is 2.64. The van der Waals surface area contributed by atoms with E-state index >= 15 is 0 Å². The van der Waals surface area contributed by atoms with Crippen molar-refractivity contribution in [3.63, 3.8) is 0 Å². The van der Waals surface area contributed by atoms with E-state index in [0.717, 1.165) is 12.8 Å². The lowest BCUT2D eigenvalue weighted by molar-refractivity contribution is 0.0253. The highest BCUT2D eigenvalue weighted by Gasteiger charge is 2.21. The van der Waals surface area contributed by atoms with E-state index in [4.69, 9.17) is 38.4 Å². The van der Waals surface area contributed by atoms with Gasteiger partial charge in [-0.1, -0.05) is 29.3 Å². The normalized spacial score (nSPS) is 16.6. The molecule has 1 saturated heterocycles. The van der Waals surface area contributed by atoms with Crippen LogP contribution in [0.25, 0.3) is 0 Å². The summed E-state index contributed by atoms with van der Waals surface area (Å²) in [6, 6.07) is 7.90. The average molecular weight is 456 g/mol. The summed E-state index contributed by atoms with van der Waals surface area (Å²) in [5, 5.41) is 11.3. The van der Waals surface area contributed by atoms with E-state index in [2.05, 4.69) is 4.98 Å². The van der Waals surface area contributed by atoms with Gasteiger partial charge in [-0.05, 0) is 29.8 Å². The molecule has 0 radical (unpaired) electrons. The molecular weight excluding hydrogens is 434 g/mol. The topological polar surface area (TPSA) is 77.6 Å². The lowest BCUT2D eigenvalue weighted by atomic mass is 10.00. The number of nitrogens with zero attached hydrogens (tertiary/aromatic N) is 1. The van der Waals surface area contributed by atoms with Crippen LogP contribution in [0.1, 0.15) is 36.2 Å². The van der Waals surface area contributed by atoms with Gasteiger partial charge in [0.15, 0.2) is 0 Å². The predicted octanol–water partition coefficient (Wildman–Crippen LogP) is 4.52. The SMILES string of the molecule is Cl.Cl.N[C@@H](c1ccc(Cl)c(Cl)c1)[C@@H](O)c1ccc(OC2CCOCC2)cn1. The monoisotopic (exact) mass is 454 g/mol. The summed E-state index contributed by atoms with van der Waals surface area (Å²) in [5.41, 5.74) is 7.30. The number of halogens is 4. The van der Waals surface area contributed by atoms with E-state index in [1.807, 2.05) is 0 Å². The summed E-state index contributed by atoms with van der Waals surface area (Å²) in [6.45, 7) is 1.43. The lowest BCUT2D eigenvalue weighted by Gasteiger charge is -2.23. The van der Waals surface area contributed by atoms with Gasteiger partial charge in [-0.2, -0.15) is 0 Å². The Balaban J connectivity index is 0.00000182. The zero-order chi connectivity index (χ0) is 17.8. The number of hydrogen-bond acceptors (Lipinski definition) is 5. The molecule has 0 spiro atoms. The molecule has 0 amide bonds. The van der Waals surface area contributed by atoms with Gasteiger partial charge in [0.1, 0.15) is 18.0 Å². The van der Waals surface area contributed by atoms with Crippen LogP contribution in [0.5, 0.6) is 5.75 Å². The van der Waals surface area contributed by atoms with E-state index in [0.29, 0.717) is 40.3 Å². The number of aromatic nitrogens is 1. The molecule has 150 valence electrons. The molecule has 1 aliphatic heterocycles. The molecule has 9 heteroatoms. The van der Waals surface area contributed by atoms with Crippen molar-refractivity contribution in [2.24, 2.45) is 5.73 Å². The van der Waals surface area contributed by atoms with E-state index in [1.54, 1.807) is 36.5 Å². The van der Waals surface area contributed by atoms with Gasteiger partial charge in [-0.3, -0.25) is 4.98 Å². The largest absolute Gasteiger partial charge is 0.489 e. The van der Waals surface area contributed by atoms with Crippen LogP contribution in [-0.2, 0) is 4.74 Å². The van der Waals surface area contributed by atoms with Crippen molar-refractivity contribution in [2.75, 3.05) is 13.2 Å². The maximum absolute atomic E-state index is 10.5. The molecular formula is C18H22Cl4N2O3. The number of aliphatic hydroxyl groups excluding tert-OH is 1. The van der Waals surface area contributed by atoms with Crippen molar-refractivity contribution < 1.29 is 14.6 Å². The predicted molar refractivity (Wildman–Crippen MR) is 112 cm³/mol. The van der Waals surface area contributed by atoms with Crippen LogP contribution in [0.15, 0.2) is 36.5 Å². The van der Waals surface area contributed by atoms with Crippen LogP contribution in [0.3, 0.4) is 0 Å². The third-order valence-electron chi connectivity index (χ3n) is 4.20. The molecule has 3 N–H and O–H groups in total. The molecule has 3 rings (SSSR count). The molecule has 2 heterocycles. The molecule has 2 aromatic rings. The highest BCUT2D eigenvalue weighted by atomic mass is 35.5. The van der Waals surface area contributed by atoms with Gasteiger partial charge in [0.05, 0.1) is 41.2 Å². The number of benzene rings is 1. The summed E-state index contributed by atoms with van der Waals surface area (Å²) >= 11 is 11.9. The first-order valence-electron chi connectivity index (χ1n) is 8.13. The fourth-order valence-electron chi connectivity index (χ4n) is 2.71. The molecule has 5 nitrogen and oxygen atoms in total. The molecule has 0 saturated carbocycles. The second kappa shape index (κ2) is 11.3. The minimum atomic E-state index is -0.964. The smallest absolute Gasteiger partial charge is 0.138 e. The van der Waals surface area contributed by atoms with Crippen LogP contribution < -0.4 is 10.5 Å². The van der Waals surface area contributed by atoms with Crippen LogP contribution in [0.2, 0.25) is 10.0 Å². The number of pyridine rings is 1. The zero-order valence-electron chi connectivity index (χ0n) is 14.4. The molecule has 1 fully saturated rings. The van der Waals surface area contributed by atoms with Gasteiger partial charge in [-0.25, -0.2) is 0 Å². The molecule has 1 aromatic carbocycles. The zero-order valence-corrected chi connectivity index (χ0v) is 17.5. The van der Waals surface area contributed by atoms with Crippen molar-refractivity contribution in [3.8, 4) is 5.75 Å². The molecule has 0 unspecified atom stereocenters. The summed E-state index contributed by atoms with van der Waals surface area (Å²) in [4.78, 5) is 4.29. The Hall–Kier alpha value is -0.790. The van der Waals surface area contributed by atoms with E-state index in [-0.39, 0.29) is 30.9 Å². The van der Waals surface area contributed by atoms with Gasteiger partial charge in [0.2, 0.25) is 0 Å². The molecule has 27 heavy (non-hydrogen) atoms. The number of hydrogen-bond donors (Lipinski definition) is 2. The minimum absolute atomic E-state index is 0. The van der Waals surface area contributed by atoms with Gasteiger partial charge < -0.3 is 20.3 Å². The van der Waals surface area contributed by atoms with E-state index in [9.17, 15) is 5.11 Å². The molecule has 1 aromatic heterocycles. The van der Waals surface area contributed by atoms with Crippen molar-refractivity contribution >= 4 is 48.0 Å². The first kappa shape index (κ1) is 24.2. The first-order valence-corrected chi connectivity index (χ1v) is 8.89. The maximum Gasteiger partial charge on any atom is 0.138 e. The summed E-state index contributed by atoms with van der Waals surface area (Å²) < 4.78 is 11.2. The van der Waals surface area contributed by atoms with Crippen molar-refractivity contribution in [1.82, 2.24) is 4.98 Å². The Bertz CT molecular complexity index is 712. The Morgan fingerprint density at radius 1 is 1.11 bits per heavy atom. The fourth-order valence-corrected chi connectivity index (χ4v) is 3.02. The number of rotatable bonds is 5. The van der Waals surface area contributed by atoms with Crippen molar-refractivity contribution in [3.05, 3.63) is 57.8 Å². The fraction of sp³-hybridized carbons (Fsp3) is 0.389. The van der Waals surface area contributed by atoms with E-state index in [1.165, 1.54) is 0 Å². The molecule has 0 aliphatic carbocycles. The third-order valence-corrected chi connectivity index (χ3v) is 4.94. The Morgan fingerprint density at radius 3 is 2.41 bits per heavy atom. The second-order valence-electron chi connectivity index (χ2n) is 5.99. The van der Waals surface area contributed by atoms with E-state index < -0.39 is 12.1 Å². The Kier molecular flexibility index (Phi) is 10.1. The van der Waals surface area contributed by atoms with Crippen LogP contribution in [0, 0.1) is 0 Å². The quantitative estimate of drug-likeness (QED) is 0.692. The van der Waals surface area contributed by atoms with Crippen molar-refractivity contribution in [1.29, 1.82) is 0 Å². The Labute approximate surface area is 181 Å². The third kappa shape index (κ3) is 6.36. The standard InChI is InChI=1S/C18H20Cl2N2O3.2ClH/c19-14-3-1-11(9-15(14)20)17(21)18(23)16-4-2-13(10-22-16)25-12-5-7-24-8-6-12;;/h1-4,9-10,12,17-18,23H,5-8,21H2;2*1H/t17-,18-;;/m0../s1. The summed E-state index contributed by atoms with van der Waals surface area (Å²) in [5.74, 6) is 0.672. The van der Waals surface area contributed by atoms with Crippen LogP contribution >= 0.6 is 48.0 Å². The molecule has 2 atom stereocenters. The van der Waals surface area contributed by atoms with Crippen LogP contribution in [-0.4, -0.2) is 29.4 Å². The lowest BCUT2D eigenvalue weighted by Crippen LogP contribution is -2.26. The summed E-state index contributed by atoms with van der Waals surface area (Å²) in [6.07, 6.45) is 2.52. The number of aliphatic hydroxyl groups is 1. The molecule has 0 bridgehead atoms. The number of ether oxygens (including phenoxy) is 2. The second-order valence-corrected chi connectivity index (χ2v) is 6.81.